The summed E-state index contributed by atoms with van der Waals surface area (Å²) in [5, 5.41) is 15.9. The summed E-state index contributed by atoms with van der Waals surface area (Å²) in [7, 11) is 0. The molecule has 36 heavy (non-hydrogen) atoms. The van der Waals surface area contributed by atoms with Gasteiger partial charge < -0.3 is 31.1 Å². The van der Waals surface area contributed by atoms with Crippen LogP contribution in [-0.2, 0) is 19.1 Å². The molecule has 5 N–H and O–H groups in total. The van der Waals surface area contributed by atoms with Gasteiger partial charge in [-0.3, -0.25) is 14.4 Å². The molecule has 0 bridgehead atoms. The number of aromatic hydroxyl groups is 1. The number of nitrogens with zero attached hydrogens (tertiary/aromatic N) is 1. The van der Waals surface area contributed by atoms with Crippen LogP contribution in [0.15, 0.2) is 24.3 Å². The van der Waals surface area contributed by atoms with Crippen LogP contribution in [0.3, 0.4) is 0 Å². The molecule has 0 fully saturated rings. The number of primary amides is 1. The van der Waals surface area contributed by atoms with Gasteiger partial charge in [-0.15, -0.1) is 0 Å². The van der Waals surface area contributed by atoms with Gasteiger partial charge in [-0.2, -0.15) is 0 Å². The van der Waals surface area contributed by atoms with Crippen molar-refractivity contribution >= 4 is 23.8 Å². The summed E-state index contributed by atoms with van der Waals surface area (Å²) in [4.78, 5) is 53.0. The molecule has 202 valence electrons. The lowest BCUT2D eigenvalue weighted by molar-refractivity contribution is -0.144. The fourth-order valence-corrected chi connectivity index (χ4v) is 3.56. The number of carbonyl (C=O) groups excluding carboxylic acids is 4. The van der Waals surface area contributed by atoms with Crippen molar-refractivity contribution in [1.82, 2.24) is 15.5 Å². The first-order valence-corrected chi connectivity index (χ1v) is 12.2. The normalized spacial score (nSPS) is 13.3. The first kappa shape index (κ1) is 30.7. The van der Waals surface area contributed by atoms with Crippen molar-refractivity contribution in [2.24, 2.45) is 5.73 Å². The molecule has 1 aromatic rings. The number of unbranched alkanes of at least 4 members (excludes halogenated alkanes) is 2. The number of rotatable bonds is 11. The first-order valence-electron chi connectivity index (χ1n) is 12.2. The van der Waals surface area contributed by atoms with E-state index in [1.807, 2.05) is 6.92 Å². The molecular weight excluding hydrogens is 464 g/mol. The highest BCUT2D eigenvalue weighted by Gasteiger charge is 2.38. The Morgan fingerprint density at radius 3 is 2.17 bits per heavy atom. The largest absolute Gasteiger partial charge is 0.508 e. The molecule has 1 rings (SSSR count). The van der Waals surface area contributed by atoms with E-state index in [1.165, 1.54) is 11.0 Å². The maximum atomic E-state index is 13.9. The number of carbonyl (C=O) groups is 4. The van der Waals surface area contributed by atoms with Crippen molar-refractivity contribution in [3.05, 3.63) is 29.8 Å². The van der Waals surface area contributed by atoms with E-state index in [9.17, 15) is 24.3 Å². The van der Waals surface area contributed by atoms with E-state index in [2.05, 4.69) is 10.6 Å². The maximum absolute atomic E-state index is 13.9. The minimum absolute atomic E-state index is 0.147. The molecule has 0 aliphatic carbocycles. The van der Waals surface area contributed by atoms with Crippen LogP contribution < -0.4 is 16.4 Å². The summed E-state index contributed by atoms with van der Waals surface area (Å²) in [6.07, 6.45) is 0.812. The number of amides is 4. The van der Waals surface area contributed by atoms with Crippen LogP contribution >= 0.6 is 0 Å². The molecule has 1 aromatic carbocycles. The first-order chi connectivity index (χ1) is 16.6. The average molecular weight is 507 g/mol. The highest BCUT2D eigenvalue weighted by molar-refractivity contribution is 5.95. The Morgan fingerprint density at radius 1 is 1.06 bits per heavy atom. The monoisotopic (exact) mass is 506 g/mol. The summed E-state index contributed by atoms with van der Waals surface area (Å²) in [6, 6.07) is 3.68. The molecule has 0 heterocycles. The number of hydrogen-bond acceptors (Lipinski definition) is 6. The second-order valence-electron chi connectivity index (χ2n) is 10.8. The highest BCUT2D eigenvalue weighted by Crippen LogP contribution is 2.31. The Morgan fingerprint density at radius 2 is 1.67 bits per heavy atom. The highest BCUT2D eigenvalue weighted by atomic mass is 16.6. The number of nitrogens with one attached hydrogen (secondary N) is 2. The van der Waals surface area contributed by atoms with Gasteiger partial charge in [-0.1, -0.05) is 38.0 Å². The van der Waals surface area contributed by atoms with Crippen molar-refractivity contribution in [3.8, 4) is 5.75 Å². The lowest BCUT2D eigenvalue weighted by Gasteiger charge is -2.36. The van der Waals surface area contributed by atoms with Gasteiger partial charge in [-0.05, 0) is 54.0 Å². The smallest absolute Gasteiger partial charge is 0.408 e. The molecule has 0 aliphatic rings. The summed E-state index contributed by atoms with van der Waals surface area (Å²) in [5.74, 6) is -2.17. The lowest BCUT2D eigenvalue weighted by Crippen LogP contribution is -2.55. The summed E-state index contributed by atoms with van der Waals surface area (Å²) in [5.41, 5.74) is 4.15. The summed E-state index contributed by atoms with van der Waals surface area (Å²) < 4.78 is 5.26. The zero-order valence-corrected chi connectivity index (χ0v) is 22.5. The zero-order valence-electron chi connectivity index (χ0n) is 22.5. The number of ether oxygens (including phenoxy) is 1. The Labute approximate surface area is 213 Å². The van der Waals surface area contributed by atoms with Gasteiger partial charge in [0.15, 0.2) is 0 Å². The molecule has 10 nitrogen and oxygen atoms in total. The number of phenols is 1. The van der Waals surface area contributed by atoms with Crippen molar-refractivity contribution in [1.29, 1.82) is 0 Å². The number of para-hydroxylation sites is 1. The van der Waals surface area contributed by atoms with Gasteiger partial charge in [-0.25, -0.2) is 4.79 Å². The topological polar surface area (TPSA) is 151 Å². The number of alkyl carbamates (subject to hydrolysis) is 1. The van der Waals surface area contributed by atoms with E-state index in [4.69, 9.17) is 10.5 Å². The third kappa shape index (κ3) is 10.5. The third-order valence-electron chi connectivity index (χ3n) is 4.97. The van der Waals surface area contributed by atoms with Crippen LogP contribution in [0.25, 0.3) is 0 Å². The number of benzene rings is 1. The van der Waals surface area contributed by atoms with Crippen molar-refractivity contribution < 1.29 is 29.0 Å². The molecule has 0 saturated heterocycles. The molecule has 0 aliphatic heterocycles. The summed E-state index contributed by atoms with van der Waals surface area (Å²) >= 11 is 0. The van der Waals surface area contributed by atoms with Gasteiger partial charge >= 0.3 is 6.09 Å². The van der Waals surface area contributed by atoms with Crippen molar-refractivity contribution in [2.75, 3.05) is 6.54 Å². The van der Waals surface area contributed by atoms with Crippen LogP contribution in [0.1, 0.15) is 85.8 Å². The average Bonchev–Trinajstić information content (AvgIpc) is 2.70. The second-order valence-corrected chi connectivity index (χ2v) is 10.8. The van der Waals surface area contributed by atoms with Gasteiger partial charge in [0.2, 0.25) is 17.7 Å². The Balaban J connectivity index is 3.54. The van der Waals surface area contributed by atoms with Gasteiger partial charge in [0, 0.05) is 17.6 Å². The quantitative estimate of drug-likeness (QED) is 0.339. The lowest BCUT2D eigenvalue weighted by atomic mass is 9.99. The van der Waals surface area contributed by atoms with E-state index >= 15 is 0 Å². The van der Waals surface area contributed by atoms with E-state index < -0.39 is 53.5 Å². The molecule has 4 amide bonds. The van der Waals surface area contributed by atoms with E-state index in [0.29, 0.717) is 6.42 Å². The van der Waals surface area contributed by atoms with Crippen molar-refractivity contribution in [2.45, 2.75) is 97.4 Å². The van der Waals surface area contributed by atoms with Crippen LogP contribution in [0, 0.1) is 0 Å². The van der Waals surface area contributed by atoms with Crippen LogP contribution in [0.2, 0.25) is 0 Å². The zero-order chi connectivity index (χ0) is 27.7. The molecule has 2 unspecified atom stereocenters. The van der Waals surface area contributed by atoms with Gasteiger partial charge in [0.25, 0.3) is 0 Å². The molecular formula is C26H42N4O6. The van der Waals surface area contributed by atoms with E-state index in [1.54, 1.807) is 59.7 Å². The van der Waals surface area contributed by atoms with Crippen LogP contribution in [0.4, 0.5) is 4.79 Å². The Bertz CT molecular complexity index is 920. The SMILES string of the molecule is CCCCCN(C(=O)C(CC(N)=O)NC(=O)OC(C)(C)C)C(C(=O)NC(C)(C)C)c1ccccc1O. The molecule has 10 heteroatoms. The van der Waals surface area contributed by atoms with E-state index in [-0.39, 0.29) is 17.9 Å². The number of hydrogen-bond donors (Lipinski definition) is 4. The fraction of sp³-hybridized carbons (Fsp3) is 0.615. The van der Waals surface area contributed by atoms with Gasteiger partial charge in [0.1, 0.15) is 23.4 Å². The number of phenolic OH excluding ortho intramolecular Hbond substituents is 1. The third-order valence-corrected chi connectivity index (χ3v) is 4.97. The molecule has 2 atom stereocenters. The summed E-state index contributed by atoms with van der Waals surface area (Å²) in [6.45, 7) is 12.5. The molecule has 0 aromatic heterocycles. The minimum Gasteiger partial charge on any atom is -0.508 e. The molecule has 0 saturated carbocycles. The van der Waals surface area contributed by atoms with Crippen molar-refractivity contribution in [3.63, 3.8) is 0 Å². The molecule has 0 spiro atoms. The fourth-order valence-electron chi connectivity index (χ4n) is 3.56. The second kappa shape index (κ2) is 13.1. The number of nitrogens with two attached hydrogens (primary N) is 1. The predicted octanol–water partition coefficient (Wildman–Crippen LogP) is 3.14. The van der Waals surface area contributed by atoms with Crippen LogP contribution in [0.5, 0.6) is 5.75 Å². The predicted molar refractivity (Wildman–Crippen MR) is 137 cm³/mol. The Kier molecular flexibility index (Phi) is 11.2. The standard InChI is InChI=1S/C26H42N4O6/c1-8-9-12-15-30(23(34)18(16-20(27)32)28-24(35)36-26(5,6)7)21(22(33)29-25(2,3)4)17-13-10-11-14-19(17)31/h10-11,13-14,18,21,31H,8-9,12,15-16H2,1-7H3,(H2,27,32)(H,28,35)(H,29,33). The van der Waals surface area contributed by atoms with Gasteiger partial charge in [0.05, 0.1) is 6.42 Å². The maximum Gasteiger partial charge on any atom is 0.408 e. The van der Waals surface area contributed by atoms with E-state index in [0.717, 1.165) is 12.8 Å². The van der Waals surface area contributed by atoms with Crippen LogP contribution in [-0.4, -0.2) is 57.5 Å². The molecule has 0 radical (unpaired) electrons. The minimum atomic E-state index is -1.37. The Hall–Kier alpha value is -3.30.